The predicted molar refractivity (Wildman–Crippen MR) is 73.6 cm³/mol. The van der Waals surface area contributed by atoms with E-state index in [9.17, 15) is 18.0 Å². The van der Waals surface area contributed by atoms with Gasteiger partial charge >= 0.3 is 6.18 Å². The fourth-order valence-electron chi connectivity index (χ4n) is 2.21. The van der Waals surface area contributed by atoms with Crippen molar-refractivity contribution in [3.8, 4) is 0 Å². The lowest BCUT2D eigenvalue weighted by Crippen LogP contribution is -2.25. The summed E-state index contributed by atoms with van der Waals surface area (Å²) >= 11 is 0. The summed E-state index contributed by atoms with van der Waals surface area (Å²) in [5, 5.41) is 10.8. The summed E-state index contributed by atoms with van der Waals surface area (Å²) in [6.45, 7) is 0.673. The summed E-state index contributed by atoms with van der Waals surface area (Å²) in [6, 6.07) is 3.33. The zero-order valence-electron chi connectivity index (χ0n) is 11.9. The van der Waals surface area contributed by atoms with Crippen LogP contribution in [0.4, 0.5) is 18.9 Å². The van der Waals surface area contributed by atoms with E-state index >= 15 is 0 Å². The molecule has 0 fully saturated rings. The van der Waals surface area contributed by atoms with Crippen molar-refractivity contribution < 1.29 is 18.0 Å². The van der Waals surface area contributed by atoms with Crippen molar-refractivity contribution in [3.05, 3.63) is 35.2 Å². The van der Waals surface area contributed by atoms with Crippen LogP contribution in [0.5, 0.6) is 0 Å². The Bertz CT molecular complexity index is 727. The number of halogens is 3. The number of rotatable bonds is 3. The summed E-state index contributed by atoms with van der Waals surface area (Å²) < 4.78 is 37.1. The Morgan fingerprint density at radius 3 is 2.87 bits per heavy atom. The van der Waals surface area contributed by atoms with E-state index in [-0.39, 0.29) is 18.1 Å². The molecular formula is C13H13F3N6O. The van der Waals surface area contributed by atoms with Crippen LogP contribution in [0.2, 0.25) is 0 Å². The predicted octanol–water partition coefficient (Wildman–Crippen LogP) is 1.51. The molecule has 1 amide bonds. The number of aromatic amines is 1. The first-order valence-electron chi connectivity index (χ1n) is 6.94. The van der Waals surface area contributed by atoms with Crippen molar-refractivity contribution >= 4 is 11.6 Å². The average molecular weight is 326 g/mol. The van der Waals surface area contributed by atoms with Crippen LogP contribution < -0.4 is 10.6 Å². The van der Waals surface area contributed by atoms with Crippen LogP contribution in [0.25, 0.3) is 0 Å². The molecule has 3 N–H and O–H groups in total. The molecule has 23 heavy (non-hydrogen) atoms. The highest BCUT2D eigenvalue weighted by molar-refractivity contribution is 5.92. The molecule has 2 aromatic rings. The molecule has 0 aromatic carbocycles. The molecule has 0 saturated carbocycles. The minimum absolute atomic E-state index is 0.0784. The Morgan fingerprint density at radius 2 is 2.13 bits per heavy atom. The van der Waals surface area contributed by atoms with Gasteiger partial charge < -0.3 is 10.6 Å². The molecule has 122 valence electrons. The third-order valence-corrected chi connectivity index (χ3v) is 3.31. The minimum Gasteiger partial charge on any atom is -0.384 e. The normalized spacial score (nSPS) is 14.0. The number of anilines is 1. The van der Waals surface area contributed by atoms with Crippen LogP contribution in [0, 0.1) is 0 Å². The van der Waals surface area contributed by atoms with Crippen LogP contribution in [-0.4, -0.2) is 32.6 Å². The lowest BCUT2D eigenvalue weighted by atomic mass is 10.1. The van der Waals surface area contributed by atoms with Gasteiger partial charge in [0.1, 0.15) is 11.5 Å². The van der Waals surface area contributed by atoms with Gasteiger partial charge in [-0.05, 0) is 25.0 Å². The maximum Gasteiger partial charge on any atom is 0.453 e. The van der Waals surface area contributed by atoms with Crippen LogP contribution in [0.1, 0.15) is 34.3 Å². The number of amides is 1. The molecule has 3 heterocycles. The molecular weight excluding hydrogens is 313 g/mol. The fourth-order valence-corrected chi connectivity index (χ4v) is 2.21. The van der Waals surface area contributed by atoms with Crippen LogP contribution in [0.15, 0.2) is 12.1 Å². The van der Waals surface area contributed by atoms with E-state index in [2.05, 4.69) is 30.8 Å². The highest BCUT2D eigenvalue weighted by Crippen LogP contribution is 2.25. The molecule has 0 aliphatic carbocycles. The molecule has 2 aromatic heterocycles. The van der Waals surface area contributed by atoms with Gasteiger partial charge in [-0.3, -0.25) is 9.89 Å². The number of hydrogen-bond acceptors (Lipinski definition) is 5. The molecule has 0 radical (unpaired) electrons. The van der Waals surface area contributed by atoms with E-state index in [1.807, 2.05) is 0 Å². The molecule has 0 spiro atoms. The first-order chi connectivity index (χ1) is 10.9. The van der Waals surface area contributed by atoms with Crippen LogP contribution in [-0.2, 0) is 19.1 Å². The second-order valence-electron chi connectivity index (χ2n) is 5.01. The van der Waals surface area contributed by atoms with Gasteiger partial charge in [-0.1, -0.05) is 0 Å². The van der Waals surface area contributed by atoms with Crippen molar-refractivity contribution in [2.75, 3.05) is 11.9 Å². The number of nitrogens with one attached hydrogen (secondary N) is 3. The number of H-pyrrole nitrogens is 1. The molecule has 1 aliphatic rings. The van der Waals surface area contributed by atoms with Gasteiger partial charge in [-0.15, -0.1) is 5.10 Å². The molecule has 0 unspecified atom stereocenters. The Kier molecular flexibility index (Phi) is 3.89. The number of carbonyl (C=O) groups excluding carboxylic acids is 1. The number of hydrogen-bond donors (Lipinski definition) is 3. The number of pyridine rings is 1. The first kappa shape index (κ1) is 15.3. The van der Waals surface area contributed by atoms with Gasteiger partial charge in [0.2, 0.25) is 0 Å². The Labute approximate surface area is 128 Å². The number of carbonyl (C=O) groups is 1. The van der Waals surface area contributed by atoms with Gasteiger partial charge in [0.15, 0.2) is 0 Å². The molecule has 3 rings (SSSR count). The van der Waals surface area contributed by atoms with Crippen molar-refractivity contribution in [1.29, 1.82) is 0 Å². The zero-order valence-corrected chi connectivity index (χ0v) is 11.9. The summed E-state index contributed by atoms with van der Waals surface area (Å²) in [7, 11) is 0. The van der Waals surface area contributed by atoms with E-state index in [1.54, 1.807) is 12.1 Å². The molecule has 0 bridgehead atoms. The molecule has 10 heteroatoms. The van der Waals surface area contributed by atoms with Gasteiger partial charge in [0, 0.05) is 6.54 Å². The second-order valence-corrected chi connectivity index (χ2v) is 5.01. The third-order valence-electron chi connectivity index (χ3n) is 3.31. The van der Waals surface area contributed by atoms with Gasteiger partial charge in [-0.2, -0.15) is 13.2 Å². The Hall–Kier alpha value is -2.65. The van der Waals surface area contributed by atoms with Gasteiger partial charge in [0.25, 0.3) is 11.7 Å². The van der Waals surface area contributed by atoms with Gasteiger partial charge in [0.05, 0.1) is 17.9 Å². The average Bonchev–Trinajstić information content (AvgIpc) is 3.01. The van der Waals surface area contributed by atoms with Crippen molar-refractivity contribution in [1.82, 2.24) is 25.5 Å². The quantitative estimate of drug-likeness (QED) is 0.794. The minimum atomic E-state index is -4.62. The standard InChI is InChI=1S/C13H13F3N6O/c14-13(15,16)12-20-10(21-22-12)6-18-11(23)9-4-3-7-8(19-9)2-1-5-17-7/h3-4,17H,1-2,5-6H2,(H,18,23)(H,20,21,22). The number of nitrogens with zero attached hydrogens (tertiary/aromatic N) is 3. The van der Waals surface area contributed by atoms with Crippen molar-refractivity contribution in [3.63, 3.8) is 0 Å². The number of alkyl halides is 3. The number of fused-ring (bicyclic) bond motifs is 1. The Morgan fingerprint density at radius 1 is 1.30 bits per heavy atom. The van der Waals surface area contributed by atoms with E-state index in [1.165, 1.54) is 0 Å². The van der Waals surface area contributed by atoms with E-state index in [0.717, 1.165) is 30.8 Å². The van der Waals surface area contributed by atoms with E-state index in [4.69, 9.17) is 0 Å². The summed E-state index contributed by atoms with van der Waals surface area (Å²) in [6.07, 6.45) is -2.91. The maximum absolute atomic E-state index is 12.4. The topological polar surface area (TPSA) is 95.6 Å². The van der Waals surface area contributed by atoms with Crippen molar-refractivity contribution in [2.24, 2.45) is 0 Å². The highest BCUT2D eigenvalue weighted by atomic mass is 19.4. The smallest absolute Gasteiger partial charge is 0.384 e. The lowest BCUT2D eigenvalue weighted by Gasteiger charge is -2.17. The summed E-state index contributed by atoms with van der Waals surface area (Å²) in [4.78, 5) is 19.6. The monoisotopic (exact) mass is 326 g/mol. The first-order valence-corrected chi connectivity index (χ1v) is 6.94. The van der Waals surface area contributed by atoms with Gasteiger partial charge in [-0.25, -0.2) is 9.97 Å². The van der Waals surface area contributed by atoms with Crippen LogP contribution in [0.3, 0.4) is 0 Å². The zero-order chi connectivity index (χ0) is 16.4. The lowest BCUT2D eigenvalue weighted by molar-refractivity contribution is -0.144. The fraction of sp³-hybridized carbons (Fsp3) is 0.385. The second kappa shape index (κ2) is 5.86. The highest BCUT2D eigenvalue weighted by Gasteiger charge is 2.36. The largest absolute Gasteiger partial charge is 0.453 e. The van der Waals surface area contributed by atoms with Crippen molar-refractivity contribution in [2.45, 2.75) is 25.6 Å². The van der Waals surface area contributed by atoms with Crippen LogP contribution >= 0.6 is 0 Å². The molecule has 1 aliphatic heterocycles. The van der Waals surface area contributed by atoms with E-state index < -0.39 is 17.9 Å². The number of aryl methyl sites for hydroxylation is 1. The Balaban J connectivity index is 1.64. The number of aromatic nitrogens is 4. The maximum atomic E-state index is 12.4. The summed E-state index contributed by atoms with van der Waals surface area (Å²) in [5.41, 5.74) is 1.92. The van der Waals surface area contributed by atoms with E-state index in [0.29, 0.717) is 0 Å². The molecule has 0 atom stereocenters. The molecule has 7 nitrogen and oxygen atoms in total. The molecule has 0 saturated heterocycles. The summed E-state index contributed by atoms with van der Waals surface area (Å²) in [5.74, 6) is -1.83. The SMILES string of the molecule is O=C(NCc1nc(C(F)(F)F)n[nH]1)c1ccc2c(n1)CCCN2. The third kappa shape index (κ3) is 3.41.